The Kier molecular flexibility index (Phi) is 4.27. The number of isocyanates is 1. The molecule has 5 nitrogen and oxygen atoms in total. The first-order valence-electron chi connectivity index (χ1n) is 5.91. The third kappa shape index (κ3) is 3.80. The van der Waals surface area contributed by atoms with Crippen LogP contribution in [0.4, 0.5) is 11.4 Å². The summed E-state index contributed by atoms with van der Waals surface area (Å²) in [5.74, 6) is 1.15. The molecule has 0 heterocycles. The highest BCUT2D eigenvalue weighted by molar-refractivity contribution is 5.88. The number of benzene rings is 2. The van der Waals surface area contributed by atoms with Gasteiger partial charge in [0.25, 0.3) is 0 Å². The molecule has 2 aromatic carbocycles. The molecule has 0 aliphatic heterocycles. The molecule has 0 aromatic heterocycles. The van der Waals surface area contributed by atoms with Gasteiger partial charge in [0.15, 0.2) is 0 Å². The van der Waals surface area contributed by atoms with Crippen molar-refractivity contribution in [3.63, 3.8) is 0 Å². The van der Waals surface area contributed by atoms with Gasteiger partial charge in [-0.25, -0.2) is 4.79 Å². The Morgan fingerprint density at radius 1 is 1.05 bits per heavy atom. The molecule has 0 saturated carbocycles. The fourth-order valence-electron chi connectivity index (χ4n) is 1.59. The zero-order valence-corrected chi connectivity index (χ0v) is 10.8. The molecule has 0 bridgehead atoms. The van der Waals surface area contributed by atoms with E-state index in [1.165, 1.54) is 13.0 Å². The summed E-state index contributed by atoms with van der Waals surface area (Å²) in [5, 5.41) is 2.67. The van der Waals surface area contributed by atoms with Crippen LogP contribution in [-0.2, 0) is 9.59 Å². The Balaban J connectivity index is 2.05. The van der Waals surface area contributed by atoms with Gasteiger partial charge in [0.05, 0.1) is 5.69 Å². The van der Waals surface area contributed by atoms with Crippen molar-refractivity contribution >= 4 is 23.4 Å². The van der Waals surface area contributed by atoms with Crippen molar-refractivity contribution in [2.24, 2.45) is 4.99 Å². The van der Waals surface area contributed by atoms with Crippen LogP contribution >= 0.6 is 0 Å². The monoisotopic (exact) mass is 268 g/mol. The Hall–Kier alpha value is -2.91. The van der Waals surface area contributed by atoms with Crippen molar-refractivity contribution < 1.29 is 14.3 Å². The maximum Gasteiger partial charge on any atom is 0.240 e. The van der Waals surface area contributed by atoms with Gasteiger partial charge in [-0.15, -0.1) is 0 Å². The van der Waals surface area contributed by atoms with Gasteiger partial charge >= 0.3 is 0 Å². The lowest BCUT2D eigenvalue weighted by atomic mass is 10.3. The normalized spacial score (nSPS) is 9.45. The van der Waals surface area contributed by atoms with E-state index in [-0.39, 0.29) is 5.91 Å². The van der Waals surface area contributed by atoms with E-state index in [1.807, 2.05) is 0 Å². The number of nitrogens with one attached hydrogen (secondary N) is 1. The predicted molar refractivity (Wildman–Crippen MR) is 75.0 cm³/mol. The van der Waals surface area contributed by atoms with Crippen LogP contribution in [0.5, 0.6) is 11.5 Å². The van der Waals surface area contributed by atoms with Crippen LogP contribution in [0.15, 0.2) is 53.5 Å². The topological polar surface area (TPSA) is 67.8 Å². The van der Waals surface area contributed by atoms with Crippen molar-refractivity contribution in [1.29, 1.82) is 0 Å². The first kappa shape index (κ1) is 13.5. The van der Waals surface area contributed by atoms with Gasteiger partial charge in [-0.2, -0.15) is 4.99 Å². The number of ether oxygens (including phenoxy) is 1. The number of carbonyl (C=O) groups excluding carboxylic acids is 2. The van der Waals surface area contributed by atoms with E-state index in [4.69, 9.17) is 4.74 Å². The average Bonchev–Trinajstić information content (AvgIpc) is 2.43. The second-order valence-corrected chi connectivity index (χ2v) is 4.00. The van der Waals surface area contributed by atoms with Gasteiger partial charge in [0, 0.05) is 12.6 Å². The van der Waals surface area contributed by atoms with Crippen LogP contribution in [0.3, 0.4) is 0 Å². The molecule has 0 spiro atoms. The minimum atomic E-state index is -0.120. The van der Waals surface area contributed by atoms with Crippen molar-refractivity contribution in [3.05, 3.63) is 48.5 Å². The number of hydrogen-bond donors (Lipinski definition) is 1. The summed E-state index contributed by atoms with van der Waals surface area (Å²) < 4.78 is 5.62. The molecular formula is C15H12N2O3. The Labute approximate surface area is 115 Å². The van der Waals surface area contributed by atoms with Crippen molar-refractivity contribution in [2.45, 2.75) is 6.92 Å². The first-order chi connectivity index (χ1) is 9.67. The Morgan fingerprint density at radius 2 is 1.60 bits per heavy atom. The van der Waals surface area contributed by atoms with E-state index >= 15 is 0 Å². The summed E-state index contributed by atoms with van der Waals surface area (Å²) in [6, 6.07) is 13.7. The molecule has 0 atom stereocenters. The molecule has 0 unspecified atom stereocenters. The number of carbonyl (C=O) groups is 1. The third-order valence-corrected chi connectivity index (χ3v) is 2.42. The van der Waals surface area contributed by atoms with E-state index in [9.17, 15) is 9.59 Å². The molecule has 0 saturated heterocycles. The van der Waals surface area contributed by atoms with E-state index < -0.39 is 0 Å². The van der Waals surface area contributed by atoms with Gasteiger partial charge in [0.2, 0.25) is 12.0 Å². The quantitative estimate of drug-likeness (QED) is 0.682. The maximum absolute atomic E-state index is 10.9. The smallest absolute Gasteiger partial charge is 0.240 e. The number of amides is 1. The molecule has 20 heavy (non-hydrogen) atoms. The Morgan fingerprint density at radius 3 is 2.10 bits per heavy atom. The van der Waals surface area contributed by atoms with Gasteiger partial charge in [0.1, 0.15) is 11.5 Å². The summed E-state index contributed by atoms with van der Waals surface area (Å²) in [6.45, 7) is 1.45. The van der Waals surface area contributed by atoms with Gasteiger partial charge < -0.3 is 10.1 Å². The lowest BCUT2D eigenvalue weighted by molar-refractivity contribution is -0.114. The summed E-state index contributed by atoms with van der Waals surface area (Å²) in [6.07, 6.45) is 1.47. The molecule has 2 aromatic rings. The van der Waals surface area contributed by atoms with Crippen LogP contribution in [-0.4, -0.2) is 12.0 Å². The summed E-state index contributed by atoms with van der Waals surface area (Å²) >= 11 is 0. The van der Waals surface area contributed by atoms with Crippen molar-refractivity contribution in [1.82, 2.24) is 0 Å². The number of hydrogen-bond acceptors (Lipinski definition) is 4. The summed E-state index contributed by atoms with van der Waals surface area (Å²) in [7, 11) is 0. The molecule has 1 N–H and O–H groups in total. The SMILES string of the molecule is CC(=O)Nc1ccc(Oc2ccc(N=C=O)cc2)cc1. The van der Waals surface area contributed by atoms with Crippen LogP contribution in [0, 0.1) is 0 Å². The molecule has 5 heteroatoms. The fourth-order valence-corrected chi connectivity index (χ4v) is 1.59. The van der Waals surface area contributed by atoms with Crippen LogP contribution in [0.2, 0.25) is 0 Å². The predicted octanol–water partition coefficient (Wildman–Crippen LogP) is 3.40. The van der Waals surface area contributed by atoms with Crippen molar-refractivity contribution in [3.8, 4) is 11.5 Å². The molecule has 1 amide bonds. The molecule has 0 aliphatic carbocycles. The minimum Gasteiger partial charge on any atom is -0.457 e. The first-order valence-corrected chi connectivity index (χ1v) is 5.91. The molecule has 2 rings (SSSR count). The fraction of sp³-hybridized carbons (Fsp3) is 0.0667. The van der Waals surface area contributed by atoms with Gasteiger partial charge in [-0.3, -0.25) is 4.79 Å². The highest BCUT2D eigenvalue weighted by Gasteiger charge is 1.99. The molecule has 100 valence electrons. The second kappa shape index (κ2) is 6.31. The lowest BCUT2D eigenvalue weighted by Crippen LogP contribution is -2.05. The van der Waals surface area contributed by atoms with Crippen LogP contribution in [0.1, 0.15) is 6.92 Å². The van der Waals surface area contributed by atoms with E-state index in [0.29, 0.717) is 22.9 Å². The second-order valence-electron chi connectivity index (χ2n) is 4.00. The number of anilines is 1. The highest BCUT2D eigenvalue weighted by atomic mass is 16.5. The number of nitrogens with zero attached hydrogens (tertiary/aromatic N) is 1. The van der Waals surface area contributed by atoms with E-state index in [0.717, 1.165) is 0 Å². The van der Waals surface area contributed by atoms with Crippen LogP contribution < -0.4 is 10.1 Å². The highest BCUT2D eigenvalue weighted by Crippen LogP contribution is 2.24. The standard InChI is InChI=1S/C15H12N2O3/c1-11(19)17-13-4-8-15(9-5-13)20-14-6-2-12(3-7-14)16-10-18/h2-9H,1H3,(H,17,19). The molecule has 0 aliphatic rings. The minimum absolute atomic E-state index is 0.120. The van der Waals surface area contributed by atoms with Crippen LogP contribution in [0.25, 0.3) is 0 Å². The molecular weight excluding hydrogens is 256 g/mol. The van der Waals surface area contributed by atoms with Crippen molar-refractivity contribution in [2.75, 3.05) is 5.32 Å². The number of aliphatic imine (C=N–C) groups is 1. The average molecular weight is 268 g/mol. The summed E-state index contributed by atoms with van der Waals surface area (Å²) in [5.41, 5.74) is 1.23. The largest absolute Gasteiger partial charge is 0.457 e. The summed E-state index contributed by atoms with van der Waals surface area (Å²) in [4.78, 5) is 24.5. The van der Waals surface area contributed by atoms with E-state index in [1.54, 1.807) is 48.5 Å². The zero-order chi connectivity index (χ0) is 14.4. The molecule has 0 fully saturated rings. The zero-order valence-electron chi connectivity index (χ0n) is 10.8. The Bertz CT molecular complexity index is 642. The van der Waals surface area contributed by atoms with Gasteiger partial charge in [-0.05, 0) is 48.5 Å². The van der Waals surface area contributed by atoms with Gasteiger partial charge in [-0.1, -0.05) is 0 Å². The lowest BCUT2D eigenvalue weighted by Gasteiger charge is -2.07. The number of rotatable bonds is 4. The molecule has 0 radical (unpaired) electrons. The third-order valence-electron chi connectivity index (χ3n) is 2.42. The van der Waals surface area contributed by atoms with E-state index in [2.05, 4.69) is 10.3 Å². The maximum atomic E-state index is 10.9.